The minimum atomic E-state index is -0.677. The fraction of sp³-hybridized carbons (Fsp3) is 0.955. The van der Waals surface area contributed by atoms with E-state index >= 15 is 0 Å². The molecule has 0 rings (SSSR count). The molecule has 3 N–H and O–H groups in total. The molecule has 0 radical (unpaired) electrons. The summed E-state index contributed by atoms with van der Waals surface area (Å²) in [4.78, 5) is 24.4. The van der Waals surface area contributed by atoms with Crippen LogP contribution in [0.3, 0.4) is 0 Å². The van der Waals surface area contributed by atoms with E-state index < -0.39 is 12.1 Å². The summed E-state index contributed by atoms with van der Waals surface area (Å²) in [6.45, 7) is 4.87. The van der Waals surface area contributed by atoms with Crippen molar-refractivity contribution in [2.24, 2.45) is 0 Å². The fourth-order valence-corrected chi connectivity index (χ4v) is 6.93. The van der Waals surface area contributed by atoms with Crippen LogP contribution < -0.4 is 5.32 Å². The molecule has 0 heterocycles. The highest BCUT2D eigenvalue weighted by Gasteiger charge is 2.20. The average molecular weight is 710 g/mol. The van der Waals surface area contributed by atoms with Crippen LogP contribution in [0.4, 0.5) is 0 Å². The predicted octanol–water partition coefficient (Wildman–Crippen LogP) is 12.5. The van der Waals surface area contributed by atoms with Gasteiger partial charge in [-0.2, -0.15) is 0 Å². The smallest absolute Gasteiger partial charge is 0.305 e. The highest BCUT2D eigenvalue weighted by molar-refractivity contribution is 5.76. The number of carbonyl (C=O) groups excluding carboxylic acids is 2. The van der Waals surface area contributed by atoms with E-state index in [0.717, 1.165) is 57.8 Å². The van der Waals surface area contributed by atoms with Gasteiger partial charge in [0.25, 0.3) is 0 Å². The van der Waals surface area contributed by atoms with Gasteiger partial charge < -0.3 is 20.3 Å². The fourth-order valence-electron chi connectivity index (χ4n) is 6.93. The van der Waals surface area contributed by atoms with Crippen molar-refractivity contribution in [2.45, 2.75) is 257 Å². The molecule has 0 aromatic rings. The van der Waals surface area contributed by atoms with Gasteiger partial charge in [-0.3, -0.25) is 9.59 Å². The summed E-state index contributed by atoms with van der Waals surface area (Å²) < 4.78 is 5.44. The molecule has 0 bridgehead atoms. The van der Waals surface area contributed by atoms with Crippen LogP contribution in [0.5, 0.6) is 0 Å². The van der Waals surface area contributed by atoms with Crippen LogP contribution in [-0.4, -0.2) is 47.4 Å². The Morgan fingerprint density at radius 1 is 0.480 bits per heavy atom. The lowest BCUT2D eigenvalue weighted by Crippen LogP contribution is -2.45. The number of aliphatic hydroxyl groups excluding tert-OH is 2. The number of ether oxygens (including phenoxy) is 1. The number of aliphatic hydroxyl groups is 2. The molecule has 0 aromatic heterocycles. The van der Waals surface area contributed by atoms with Crippen molar-refractivity contribution in [3.63, 3.8) is 0 Å². The zero-order chi connectivity index (χ0) is 36.6. The van der Waals surface area contributed by atoms with Crippen LogP contribution in [-0.2, 0) is 14.3 Å². The molecule has 298 valence electrons. The number of hydrogen-bond acceptors (Lipinski definition) is 5. The molecule has 0 saturated heterocycles. The molecule has 0 spiro atoms. The second-order valence-electron chi connectivity index (χ2n) is 15.4. The average Bonchev–Trinajstić information content (AvgIpc) is 3.11. The lowest BCUT2D eigenvalue weighted by Gasteiger charge is -2.22. The van der Waals surface area contributed by atoms with Gasteiger partial charge in [-0.15, -0.1) is 0 Å². The first-order valence-electron chi connectivity index (χ1n) is 22.3. The zero-order valence-corrected chi connectivity index (χ0v) is 33.6. The maximum Gasteiger partial charge on any atom is 0.305 e. The van der Waals surface area contributed by atoms with Crippen molar-refractivity contribution in [3.05, 3.63) is 0 Å². The molecule has 2 unspecified atom stereocenters. The minimum absolute atomic E-state index is 0.0231. The third-order valence-electron chi connectivity index (χ3n) is 10.4. The first-order valence-corrected chi connectivity index (χ1v) is 22.3. The number of esters is 1. The summed E-state index contributed by atoms with van der Waals surface area (Å²) in [5.74, 6) is -0.0866. The molecule has 1 amide bonds. The molecular formula is C44H87NO5. The molecule has 6 heteroatoms. The molecular weight excluding hydrogens is 622 g/mol. The topological polar surface area (TPSA) is 95.9 Å². The minimum Gasteiger partial charge on any atom is -0.466 e. The Kier molecular flexibility index (Phi) is 39.7. The van der Waals surface area contributed by atoms with Crippen LogP contribution in [0.15, 0.2) is 0 Å². The molecule has 2 atom stereocenters. The lowest BCUT2D eigenvalue weighted by molar-refractivity contribution is -0.143. The molecule has 0 fully saturated rings. The Hall–Kier alpha value is -1.14. The molecule has 50 heavy (non-hydrogen) atoms. The maximum atomic E-state index is 12.4. The summed E-state index contributed by atoms with van der Waals surface area (Å²) >= 11 is 0. The first kappa shape index (κ1) is 48.9. The number of rotatable bonds is 41. The molecule has 0 aliphatic carbocycles. The predicted molar refractivity (Wildman–Crippen MR) is 214 cm³/mol. The van der Waals surface area contributed by atoms with E-state index in [1.54, 1.807) is 0 Å². The van der Waals surface area contributed by atoms with E-state index in [2.05, 4.69) is 19.2 Å². The van der Waals surface area contributed by atoms with Crippen LogP contribution in [0, 0.1) is 0 Å². The number of carbonyl (C=O) groups is 2. The normalized spacial score (nSPS) is 12.6. The van der Waals surface area contributed by atoms with E-state index in [4.69, 9.17) is 4.74 Å². The van der Waals surface area contributed by atoms with Gasteiger partial charge in [0.15, 0.2) is 0 Å². The second kappa shape index (κ2) is 40.6. The number of nitrogens with one attached hydrogen (secondary N) is 1. The maximum absolute atomic E-state index is 12.4. The summed E-state index contributed by atoms with van der Waals surface area (Å²) in [5, 5.41) is 23.0. The summed E-state index contributed by atoms with van der Waals surface area (Å²) in [7, 11) is 0. The number of amides is 1. The van der Waals surface area contributed by atoms with Crippen molar-refractivity contribution >= 4 is 11.9 Å². The van der Waals surface area contributed by atoms with Gasteiger partial charge in [0, 0.05) is 12.8 Å². The van der Waals surface area contributed by atoms with Gasteiger partial charge in [-0.1, -0.05) is 206 Å². The summed E-state index contributed by atoms with van der Waals surface area (Å²) in [6, 6.07) is -0.557. The van der Waals surface area contributed by atoms with Crippen molar-refractivity contribution in [3.8, 4) is 0 Å². The monoisotopic (exact) mass is 710 g/mol. The van der Waals surface area contributed by atoms with Gasteiger partial charge >= 0.3 is 5.97 Å². The van der Waals surface area contributed by atoms with Crippen molar-refractivity contribution in [1.29, 1.82) is 0 Å². The van der Waals surface area contributed by atoms with Crippen LogP contribution in [0.25, 0.3) is 0 Å². The summed E-state index contributed by atoms with van der Waals surface area (Å²) in [5.41, 5.74) is 0. The molecule has 0 aromatic carbocycles. The Morgan fingerprint density at radius 3 is 1.22 bits per heavy atom. The third kappa shape index (κ3) is 36.6. The standard InChI is InChI=1S/C44H87NO5/c1-3-5-7-9-11-13-15-16-17-18-22-26-30-34-38-44(49)50-39-35-31-27-23-19-21-25-29-33-37-43(48)45-41(40-46)42(47)36-32-28-24-20-14-12-10-8-6-4-2/h41-42,46-47H,3-40H2,1-2H3,(H,45,48). The van der Waals surface area contributed by atoms with E-state index in [1.165, 1.54) is 154 Å². The Morgan fingerprint density at radius 2 is 0.820 bits per heavy atom. The molecule has 0 saturated carbocycles. The van der Waals surface area contributed by atoms with E-state index in [1.807, 2.05) is 0 Å². The molecule has 0 aliphatic rings. The summed E-state index contributed by atoms with van der Waals surface area (Å²) in [6.07, 6.45) is 42.0. The highest BCUT2D eigenvalue weighted by atomic mass is 16.5. The largest absolute Gasteiger partial charge is 0.466 e. The van der Waals surface area contributed by atoms with E-state index in [9.17, 15) is 19.8 Å². The van der Waals surface area contributed by atoms with Gasteiger partial charge in [0.1, 0.15) is 0 Å². The van der Waals surface area contributed by atoms with E-state index in [0.29, 0.717) is 25.9 Å². The Balaban J connectivity index is 3.46. The number of hydrogen-bond donors (Lipinski definition) is 3. The van der Waals surface area contributed by atoms with Crippen LogP contribution in [0.2, 0.25) is 0 Å². The van der Waals surface area contributed by atoms with Gasteiger partial charge in [-0.05, 0) is 25.7 Å². The Labute approximate surface area is 311 Å². The number of unbranched alkanes of at least 4 members (excludes halogenated alkanes) is 30. The van der Waals surface area contributed by atoms with Gasteiger partial charge in [0.2, 0.25) is 5.91 Å². The lowest BCUT2D eigenvalue weighted by atomic mass is 10.0. The molecule has 6 nitrogen and oxygen atoms in total. The molecule has 0 aliphatic heterocycles. The quantitative estimate of drug-likeness (QED) is 0.0434. The van der Waals surface area contributed by atoms with Crippen LogP contribution in [0.1, 0.15) is 245 Å². The third-order valence-corrected chi connectivity index (χ3v) is 10.4. The van der Waals surface area contributed by atoms with Gasteiger partial charge in [-0.25, -0.2) is 0 Å². The Bertz CT molecular complexity index is 702. The van der Waals surface area contributed by atoms with Crippen molar-refractivity contribution in [1.82, 2.24) is 5.32 Å². The van der Waals surface area contributed by atoms with Gasteiger partial charge in [0.05, 0.1) is 25.4 Å². The zero-order valence-electron chi connectivity index (χ0n) is 33.6. The van der Waals surface area contributed by atoms with Crippen molar-refractivity contribution in [2.75, 3.05) is 13.2 Å². The van der Waals surface area contributed by atoms with Crippen LogP contribution >= 0.6 is 0 Å². The second-order valence-corrected chi connectivity index (χ2v) is 15.4. The highest BCUT2D eigenvalue weighted by Crippen LogP contribution is 2.16. The first-order chi connectivity index (χ1) is 24.5. The van der Waals surface area contributed by atoms with E-state index in [-0.39, 0.29) is 18.5 Å². The van der Waals surface area contributed by atoms with Crippen molar-refractivity contribution < 1.29 is 24.5 Å². The SMILES string of the molecule is CCCCCCCCCCCCCCCCC(=O)OCCCCCCCCCCCC(=O)NC(CO)C(O)CCCCCCCCCCCC.